The van der Waals surface area contributed by atoms with Crippen molar-refractivity contribution in [3.05, 3.63) is 76.6 Å². The molecule has 0 radical (unpaired) electrons. The number of hydrogen-bond donors (Lipinski definition) is 0. The summed E-state index contributed by atoms with van der Waals surface area (Å²) in [5.41, 5.74) is 3.47. The minimum atomic E-state index is 0.246. The van der Waals surface area contributed by atoms with Gasteiger partial charge in [-0.1, -0.05) is 60.7 Å². The largest absolute Gasteiger partial charge is 0.340 e. The average molecular weight is 392 g/mol. The fourth-order valence-corrected chi connectivity index (χ4v) is 4.34. The molecule has 0 saturated carbocycles. The molecule has 0 bridgehead atoms. The number of thiazole rings is 1. The van der Waals surface area contributed by atoms with Crippen molar-refractivity contribution in [2.75, 3.05) is 26.2 Å². The van der Waals surface area contributed by atoms with Gasteiger partial charge in [0.1, 0.15) is 0 Å². The summed E-state index contributed by atoms with van der Waals surface area (Å²) in [5, 5.41) is 3.12. The van der Waals surface area contributed by atoms with E-state index < -0.39 is 0 Å². The molecule has 3 aromatic rings. The van der Waals surface area contributed by atoms with E-state index in [1.807, 2.05) is 29.2 Å². The number of amides is 1. The molecule has 0 aliphatic carbocycles. The van der Waals surface area contributed by atoms with Crippen molar-refractivity contribution in [3.8, 4) is 11.3 Å². The molecule has 1 aliphatic rings. The maximum absolute atomic E-state index is 12.6. The Morgan fingerprint density at radius 2 is 1.61 bits per heavy atom. The van der Waals surface area contributed by atoms with Gasteiger partial charge in [-0.15, -0.1) is 11.3 Å². The third-order valence-electron chi connectivity index (χ3n) is 5.15. The monoisotopic (exact) mass is 391 g/mol. The Kier molecular flexibility index (Phi) is 6.14. The van der Waals surface area contributed by atoms with Gasteiger partial charge in [-0.25, -0.2) is 4.98 Å². The highest BCUT2D eigenvalue weighted by Gasteiger charge is 2.21. The summed E-state index contributed by atoms with van der Waals surface area (Å²) in [6, 6.07) is 20.7. The summed E-state index contributed by atoms with van der Waals surface area (Å²) in [6.45, 7) is 4.48. The van der Waals surface area contributed by atoms with Crippen molar-refractivity contribution < 1.29 is 4.79 Å². The molecule has 0 unspecified atom stereocenters. The van der Waals surface area contributed by atoms with Crippen molar-refractivity contribution in [1.82, 2.24) is 14.8 Å². The van der Waals surface area contributed by atoms with E-state index in [0.29, 0.717) is 6.42 Å². The predicted octanol–water partition coefficient (Wildman–Crippen LogP) is 4.09. The van der Waals surface area contributed by atoms with E-state index >= 15 is 0 Å². The lowest BCUT2D eigenvalue weighted by molar-refractivity contribution is -0.133. The van der Waals surface area contributed by atoms with Crippen LogP contribution in [0.4, 0.5) is 0 Å². The van der Waals surface area contributed by atoms with Crippen LogP contribution >= 0.6 is 11.3 Å². The van der Waals surface area contributed by atoms with Gasteiger partial charge in [0.25, 0.3) is 0 Å². The van der Waals surface area contributed by atoms with Gasteiger partial charge in [0.05, 0.1) is 10.7 Å². The van der Waals surface area contributed by atoms with Crippen molar-refractivity contribution >= 4 is 17.2 Å². The van der Waals surface area contributed by atoms with E-state index in [1.165, 1.54) is 5.56 Å². The van der Waals surface area contributed by atoms with Crippen LogP contribution in [0.5, 0.6) is 0 Å². The lowest BCUT2D eigenvalue weighted by Crippen LogP contribution is -2.48. The summed E-state index contributed by atoms with van der Waals surface area (Å²) < 4.78 is 0. The maximum Gasteiger partial charge on any atom is 0.223 e. The summed E-state index contributed by atoms with van der Waals surface area (Å²) in [7, 11) is 0. The molecular weight excluding hydrogens is 366 g/mol. The number of carbonyl (C=O) groups is 1. The molecule has 28 heavy (non-hydrogen) atoms. The van der Waals surface area contributed by atoms with E-state index in [2.05, 4.69) is 46.7 Å². The van der Waals surface area contributed by atoms with Crippen LogP contribution in [-0.4, -0.2) is 46.9 Å². The van der Waals surface area contributed by atoms with Crippen LogP contribution < -0.4 is 0 Å². The second-order valence-electron chi connectivity index (χ2n) is 7.14. The summed E-state index contributed by atoms with van der Waals surface area (Å²) in [4.78, 5) is 21.7. The predicted molar refractivity (Wildman–Crippen MR) is 114 cm³/mol. The average Bonchev–Trinajstić information content (AvgIpc) is 3.23. The summed E-state index contributed by atoms with van der Waals surface area (Å²) in [5.74, 6) is 0.246. The second-order valence-corrected chi connectivity index (χ2v) is 8.08. The van der Waals surface area contributed by atoms with Crippen molar-refractivity contribution in [2.45, 2.75) is 19.4 Å². The van der Waals surface area contributed by atoms with Crippen molar-refractivity contribution in [1.29, 1.82) is 0 Å². The van der Waals surface area contributed by atoms with Gasteiger partial charge in [0.2, 0.25) is 5.91 Å². The Morgan fingerprint density at radius 1 is 0.929 bits per heavy atom. The molecule has 2 heterocycles. The number of nitrogens with zero attached hydrogens (tertiary/aromatic N) is 3. The second kappa shape index (κ2) is 9.13. The van der Waals surface area contributed by atoms with Gasteiger partial charge >= 0.3 is 0 Å². The van der Waals surface area contributed by atoms with Crippen LogP contribution in [-0.2, 0) is 17.8 Å². The van der Waals surface area contributed by atoms with Gasteiger partial charge in [-0.3, -0.25) is 9.69 Å². The smallest absolute Gasteiger partial charge is 0.223 e. The number of aryl methyl sites for hydroxylation is 1. The van der Waals surface area contributed by atoms with E-state index in [1.54, 1.807) is 11.3 Å². The molecule has 1 saturated heterocycles. The van der Waals surface area contributed by atoms with E-state index in [4.69, 9.17) is 4.98 Å². The van der Waals surface area contributed by atoms with Crippen LogP contribution in [0.25, 0.3) is 11.3 Å². The van der Waals surface area contributed by atoms with Crippen LogP contribution in [0.15, 0.2) is 66.0 Å². The Morgan fingerprint density at radius 3 is 2.32 bits per heavy atom. The molecule has 4 nitrogen and oxygen atoms in total. The Labute approximate surface area is 170 Å². The van der Waals surface area contributed by atoms with Crippen LogP contribution in [0, 0.1) is 0 Å². The molecule has 0 spiro atoms. The standard InChI is InChI=1S/C23H25N3OS/c27-23(12-11-22-24-21(18-28-22)20-9-5-2-6-10-20)26-15-13-25(14-16-26)17-19-7-3-1-4-8-19/h1-10,18H,11-17H2. The molecule has 0 N–H and O–H groups in total. The quantitative estimate of drug-likeness (QED) is 0.635. The zero-order chi connectivity index (χ0) is 19.2. The fourth-order valence-electron chi connectivity index (χ4n) is 3.54. The number of aromatic nitrogens is 1. The molecule has 144 valence electrons. The zero-order valence-electron chi connectivity index (χ0n) is 16.0. The number of carbonyl (C=O) groups excluding carboxylic acids is 1. The lowest BCUT2D eigenvalue weighted by Gasteiger charge is -2.34. The SMILES string of the molecule is O=C(CCc1nc(-c2ccccc2)cs1)N1CCN(Cc2ccccc2)CC1. The molecule has 5 heteroatoms. The van der Waals surface area contributed by atoms with Crippen LogP contribution in [0.1, 0.15) is 17.0 Å². The Hall–Kier alpha value is -2.50. The zero-order valence-corrected chi connectivity index (χ0v) is 16.8. The first-order chi connectivity index (χ1) is 13.8. The van der Waals surface area contributed by atoms with Crippen molar-refractivity contribution in [2.24, 2.45) is 0 Å². The Bertz CT molecular complexity index is 886. The van der Waals surface area contributed by atoms with Crippen molar-refractivity contribution in [3.63, 3.8) is 0 Å². The van der Waals surface area contributed by atoms with Crippen LogP contribution in [0.2, 0.25) is 0 Å². The minimum absolute atomic E-state index is 0.246. The third-order valence-corrected chi connectivity index (χ3v) is 6.06. The Balaban J connectivity index is 1.23. The van der Waals surface area contributed by atoms with E-state index in [0.717, 1.165) is 55.4 Å². The number of piperazine rings is 1. The van der Waals surface area contributed by atoms with Gasteiger partial charge in [0.15, 0.2) is 0 Å². The first kappa shape index (κ1) is 18.8. The summed E-state index contributed by atoms with van der Waals surface area (Å²) >= 11 is 1.64. The molecule has 0 atom stereocenters. The van der Waals surface area contributed by atoms with Gasteiger partial charge in [-0.05, 0) is 5.56 Å². The lowest BCUT2D eigenvalue weighted by atomic mass is 10.2. The number of hydrogen-bond acceptors (Lipinski definition) is 4. The number of rotatable bonds is 6. The van der Waals surface area contributed by atoms with E-state index in [-0.39, 0.29) is 5.91 Å². The summed E-state index contributed by atoms with van der Waals surface area (Å²) in [6.07, 6.45) is 1.26. The molecule has 1 fully saturated rings. The molecule has 1 aromatic heterocycles. The first-order valence-corrected chi connectivity index (χ1v) is 10.7. The normalized spacial score (nSPS) is 14.9. The fraction of sp³-hybridized carbons (Fsp3) is 0.304. The first-order valence-electron chi connectivity index (χ1n) is 9.82. The molecule has 1 amide bonds. The van der Waals surface area contributed by atoms with Gasteiger partial charge in [0, 0.05) is 56.5 Å². The highest BCUT2D eigenvalue weighted by Crippen LogP contribution is 2.22. The molecular formula is C23H25N3OS. The highest BCUT2D eigenvalue weighted by molar-refractivity contribution is 7.09. The van der Waals surface area contributed by atoms with Gasteiger partial charge in [-0.2, -0.15) is 0 Å². The maximum atomic E-state index is 12.6. The highest BCUT2D eigenvalue weighted by atomic mass is 32.1. The molecule has 2 aromatic carbocycles. The minimum Gasteiger partial charge on any atom is -0.340 e. The molecule has 1 aliphatic heterocycles. The van der Waals surface area contributed by atoms with E-state index in [9.17, 15) is 4.79 Å². The number of benzene rings is 2. The van der Waals surface area contributed by atoms with Crippen LogP contribution in [0.3, 0.4) is 0 Å². The van der Waals surface area contributed by atoms with Gasteiger partial charge < -0.3 is 4.90 Å². The third kappa shape index (κ3) is 4.86. The molecule has 4 rings (SSSR count). The topological polar surface area (TPSA) is 36.4 Å².